The lowest BCUT2D eigenvalue weighted by atomic mass is 9.94. The predicted molar refractivity (Wildman–Crippen MR) is 208 cm³/mol. The SMILES string of the molecule is CCCC(=O)CC[C@H](NC(=O)CC[C@H](CC(=O)CC(=O)CCCS(=O)(=O)CC(=O)CCCCCCCCCCCCCCCC1=NN=NC1)C(=O)O)C(=O)O. The molecule has 1 rings (SSSR count). The largest absolute Gasteiger partial charge is 0.481 e. The van der Waals surface area contributed by atoms with Gasteiger partial charge >= 0.3 is 11.9 Å². The maximum atomic E-state index is 12.4. The number of hydrogen-bond donors (Lipinski definition) is 3. The number of carbonyl (C=O) groups excluding carboxylic acids is 5. The summed E-state index contributed by atoms with van der Waals surface area (Å²) in [6, 6.07) is -1.31. The Balaban J connectivity index is 2.15. The van der Waals surface area contributed by atoms with E-state index in [4.69, 9.17) is 0 Å². The molecule has 1 heterocycles. The van der Waals surface area contributed by atoms with Gasteiger partial charge < -0.3 is 15.5 Å². The van der Waals surface area contributed by atoms with Gasteiger partial charge in [0.2, 0.25) is 5.91 Å². The molecule has 55 heavy (non-hydrogen) atoms. The number of sulfone groups is 1. The van der Waals surface area contributed by atoms with E-state index in [0.29, 0.717) is 25.8 Å². The van der Waals surface area contributed by atoms with Gasteiger partial charge in [-0.2, -0.15) is 5.11 Å². The average Bonchev–Trinajstić information content (AvgIpc) is 3.63. The zero-order valence-electron chi connectivity index (χ0n) is 32.8. The molecule has 0 unspecified atom stereocenters. The summed E-state index contributed by atoms with van der Waals surface area (Å²) in [6.07, 6.45) is 14.5. The van der Waals surface area contributed by atoms with E-state index in [9.17, 15) is 52.2 Å². The van der Waals surface area contributed by atoms with E-state index in [1.807, 2.05) is 6.92 Å². The van der Waals surface area contributed by atoms with E-state index in [0.717, 1.165) is 44.2 Å². The molecule has 0 spiro atoms. The minimum Gasteiger partial charge on any atom is -0.481 e. The van der Waals surface area contributed by atoms with Crippen LogP contribution < -0.4 is 5.32 Å². The lowest BCUT2D eigenvalue weighted by molar-refractivity contribution is -0.145. The number of nitrogens with zero attached hydrogens (tertiary/aromatic N) is 3. The highest BCUT2D eigenvalue weighted by molar-refractivity contribution is 7.92. The highest BCUT2D eigenvalue weighted by Crippen LogP contribution is 2.17. The van der Waals surface area contributed by atoms with Crippen LogP contribution in [0.25, 0.3) is 0 Å². The molecule has 15 nitrogen and oxygen atoms in total. The molecule has 1 aliphatic rings. The summed E-state index contributed by atoms with van der Waals surface area (Å²) >= 11 is 0. The van der Waals surface area contributed by atoms with Crippen LogP contribution in [0.4, 0.5) is 0 Å². The van der Waals surface area contributed by atoms with Crippen LogP contribution in [0, 0.1) is 5.92 Å². The van der Waals surface area contributed by atoms with Crippen LogP contribution in [-0.4, -0.2) is 89.4 Å². The number of aliphatic carboxylic acids is 2. The molecule has 0 aromatic rings. The van der Waals surface area contributed by atoms with Crippen molar-refractivity contribution in [3.63, 3.8) is 0 Å². The Hall–Kier alpha value is -3.69. The van der Waals surface area contributed by atoms with Crippen molar-refractivity contribution in [2.75, 3.05) is 18.1 Å². The van der Waals surface area contributed by atoms with E-state index in [1.54, 1.807) is 0 Å². The van der Waals surface area contributed by atoms with Gasteiger partial charge in [0.15, 0.2) is 9.84 Å². The monoisotopic (exact) mass is 796 g/mol. The van der Waals surface area contributed by atoms with E-state index in [-0.39, 0.29) is 62.3 Å². The number of Topliss-reactive ketones (excluding diaryl/α,β-unsaturated/α-hetero) is 4. The van der Waals surface area contributed by atoms with Crippen LogP contribution in [-0.2, 0) is 43.4 Å². The maximum absolute atomic E-state index is 12.4. The topological polar surface area (TPSA) is 243 Å². The molecule has 0 aliphatic carbocycles. The molecule has 312 valence electrons. The smallest absolute Gasteiger partial charge is 0.326 e. The summed E-state index contributed by atoms with van der Waals surface area (Å²) in [7, 11) is -3.72. The van der Waals surface area contributed by atoms with Gasteiger partial charge in [-0.25, -0.2) is 13.2 Å². The third kappa shape index (κ3) is 26.7. The second-order valence-electron chi connectivity index (χ2n) is 14.7. The van der Waals surface area contributed by atoms with Gasteiger partial charge in [-0.3, -0.25) is 28.8 Å². The number of carboxylic acids is 2. The molecule has 0 aromatic carbocycles. The van der Waals surface area contributed by atoms with Gasteiger partial charge in [0.05, 0.1) is 23.8 Å². The first kappa shape index (κ1) is 49.3. The van der Waals surface area contributed by atoms with E-state index < -0.39 is 69.8 Å². The molecule has 0 saturated heterocycles. The zero-order chi connectivity index (χ0) is 40.9. The molecule has 3 N–H and O–H groups in total. The molecule has 16 heteroatoms. The minimum atomic E-state index is -3.72. The number of hydrogen-bond acceptors (Lipinski definition) is 12. The Bertz CT molecular complexity index is 1410. The number of ketones is 4. The maximum Gasteiger partial charge on any atom is 0.326 e. The number of carbonyl (C=O) groups is 7. The lowest BCUT2D eigenvalue weighted by Crippen LogP contribution is -2.41. The lowest BCUT2D eigenvalue weighted by Gasteiger charge is -2.15. The first-order chi connectivity index (χ1) is 26.2. The van der Waals surface area contributed by atoms with Crippen molar-refractivity contribution in [2.24, 2.45) is 21.4 Å². The highest BCUT2D eigenvalue weighted by atomic mass is 32.2. The normalized spacial score (nSPS) is 13.6. The van der Waals surface area contributed by atoms with Gasteiger partial charge in [-0.15, -0.1) is 5.10 Å². The summed E-state index contributed by atoms with van der Waals surface area (Å²) in [5.41, 5.74) is 1.09. The van der Waals surface area contributed by atoms with Gasteiger partial charge in [0.1, 0.15) is 41.5 Å². The summed E-state index contributed by atoms with van der Waals surface area (Å²) in [5.74, 6) is -7.38. The van der Waals surface area contributed by atoms with Crippen molar-refractivity contribution in [1.29, 1.82) is 0 Å². The Morgan fingerprint density at radius 2 is 1.24 bits per heavy atom. The Kier molecular flexibility index (Phi) is 26.5. The molecule has 1 aliphatic heterocycles. The van der Waals surface area contributed by atoms with Crippen LogP contribution in [0.2, 0.25) is 0 Å². The van der Waals surface area contributed by atoms with Crippen LogP contribution >= 0.6 is 0 Å². The third-order valence-electron chi connectivity index (χ3n) is 9.53. The van der Waals surface area contributed by atoms with Crippen molar-refractivity contribution in [1.82, 2.24) is 5.32 Å². The number of carboxylic acid groups (broad SMARTS) is 2. The molecule has 0 fully saturated rings. The van der Waals surface area contributed by atoms with Gasteiger partial charge in [0.25, 0.3) is 0 Å². The summed E-state index contributed by atoms with van der Waals surface area (Å²) in [6.45, 7) is 2.48. The van der Waals surface area contributed by atoms with E-state index in [1.165, 1.54) is 44.9 Å². The molecule has 1 amide bonds. The summed E-state index contributed by atoms with van der Waals surface area (Å²) < 4.78 is 24.9. The zero-order valence-corrected chi connectivity index (χ0v) is 33.6. The van der Waals surface area contributed by atoms with Crippen molar-refractivity contribution >= 4 is 56.5 Å². The number of amides is 1. The second-order valence-corrected chi connectivity index (χ2v) is 16.9. The van der Waals surface area contributed by atoms with E-state index in [2.05, 4.69) is 20.8 Å². The van der Waals surface area contributed by atoms with Gasteiger partial charge in [-0.05, 0) is 50.2 Å². The van der Waals surface area contributed by atoms with Crippen molar-refractivity contribution in [3.05, 3.63) is 0 Å². The van der Waals surface area contributed by atoms with Crippen LogP contribution in [0.5, 0.6) is 0 Å². The predicted octanol–water partition coefficient (Wildman–Crippen LogP) is 6.54. The fourth-order valence-corrected chi connectivity index (χ4v) is 7.71. The molecular formula is C39H64N4O11S. The Morgan fingerprint density at radius 3 is 1.78 bits per heavy atom. The number of unbranched alkanes of at least 4 members (excludes halogenated alkanes) is 12. The van der Waals surface area contributed by atoms with Gasteiger partial charge in [0, 0.05) is 38.5 Å². The number of rotatable bonds is 37. The Labute approximate surface area is 326 Å². The summed E-state index contributed by atoms with van der Waals surface area (Å²) in [5, 5.41) is 32.6. The average molecular weight is 797 g/mol. The molecule has 0 radical (unpaired) electrons. The standard InChI is InChI=1S/C39H64N4O11S/c1-2-17-32(44)22-23-36(39(51)52)41-37(48)24-21-30(38(49)50)26-35(47)27-33(45)20-16-25-55(53,54)29-34(46)19-15-13-11-9-7-5-3-4-6-8-10-12-14-18-31-28-40-43-42-31/h30,36H,2-29H2,1H3,(H,41,48)(H,49,50)(H,51,52)/t30-,36+/m1/s1. The van der Waals surface area contributed by atoms with Crippen LogP contribution in [0.15, 0.2) is 15.4 Å². The summed E-state index contributed by atoms with van der Waals surface area (Å²) in [4.78, 5) is 84.2. The number of nitrogens with one attached hydrogen (secondary N) is 1. The van der Waals surface area contributed by atoms with Crippen molar-refractivity contribution in [3.8, 4) is 0 Å². The first-order valence-electron chi connectivity index (χ1n) is 20.2. The first-order valence-corrected chi connectivity index (χ1v) is 22.0. The Morgan fingerprint density at radius 1 is 0.655 bits per heavy atom. The minimum absolute atomic E-state index is 0.0221. The van der Waals surface area contributed by atoms with E-state index >= 15 is 0 Å². The van der Waals surface area contributed by atoms with Crippen LogP contribution in [0.1, 0.15) is 167 Å². The highest BCUT2D eigenvalue weighted by Gasteiger charge is 2.26. The fourth-order valence-electron chi connectivity index (χ4n) is 6.35. The molecule has 0 aromatic heterocycles. The van der Waals surface area contributed by atoms with Gasteiger partial charge in [-0.1, -0.05) is 77.6 Å². The molecule has 0 bridgehead atoms. The fraction of sp³-hybridized carbons (Fsp3) is 0.795. The van der Waals surface area contributed by atoms with Crippen molar-refractivity contribution < 1.29 is 52.2 Å². The second kappa shape index (κ2) is 29.6. The quantitative estimate of drug-likeness (QED) is 0.0450. The van der Waals surface area contributed by atoms with Crippen molar-refractivity contribution in [2.45, 2.75) is 173 Å². The third-order valence-corrected chi connectivity index (χ3v) is 11.2. The molecule has 0 saturated carbocycles. The molecular weight excluding hydrogens is 733 g/mol. The molecule has 2 atom stereocenters. The van der Waals surface area contributed by atoms with Crippen LogP contribution in [0.3, 0.4) is 0 Å².